The van der Waals surface area contributed by atoms with Gasteiger partial charge in [-0.3, -0.25) is 10.1 Å². The van der Waals surface area contributed by atoms with Crippen molar-refractivity contribution in [3.63, 3.8) is 0 Å². The van der Waals surface area contributed by atoms with E-state index in [0.717, 1.165) is 0 Å². The largest absolute Gasteiger partial charge is 0.496 e. The smallest absolute Gasteiger partial charge is 0.270 e. The van der Waals surface area contributed by atoms with Crippen LogP contribution < -0.4 is 4.74 Å². The molecule has 0 aliphatic carbocycles. The highest BCUT2D eigenvalue weighted by molar-refractivity contribution is 7.71. The highest BCUT2D eigenvalue weighted by Gasteiger charge is 2.13. The zero-order valence-electron chi connectivity index (χ0n) is 13.4. The number of aromatic nitrogens is 3. The number of aromatic amines is 1. The van der Waals surface area contributed by atoms with Gasteiger partial charge < -0.3 is 4.74 Å². The van der Waals surface area contributed by atoms with E-state index in [1.165, 1.54) is 29.1 Å². The fourth-order valence-corrected chi connectivity index (χ4v) is 2.61. The molecule has 0 aliphatic heterocycles. The SMILES string of the molecule is COc1ccccc1-c1n[nH]c(=S)n1N=Cc1cc([N+](=O)[O-])ccc1Cl. The molecule has 0 radical (unpaired) electrons. The van der Waals surface area contributed by atoms with Crippen LogP contribution in [0.4, 0.5) is 5.69 Å². The van der Waals surface area contributed by atoms with Crippen LogP contribution in [0.1, 0.15) is 5.56 Å². The monoisotopic (exact) mass is 389 g/mol. The first kappa shape index (κ1) is 17.8. The van der Waals surface area contributed by atoms with Crippen molar-refractivity contribution < 1.29 is 9.66 Å². The zero-order valence-corrected chi connectivity index (χ0v) is 15.0. The van der Waals surface area contributed by atoms with Crippen molar-refractivity contribution in [2.75, 3.05) is 7.11 Å². The molecule has 1 aromatic heterocycles. The summed E-state index contributed by atoms with van der Waals surface area (Å²) in [5, 5.41) is 22.4. The van der Waals surface area contributed by atoms with E-state index in [1.54, 1.807) is 13.2 Å². The van der Waals surface area contributed by atoms with E-state index in [1.807, 2.05) is 18.2 Å². The molecule has 1 N–H and O–H groups in total. The first-order chi connectivity index (χ1) is 12.5. The molecule has 0 unspecified atom stereocenters. The Morgan fingerprint density at radius 2 is 2.15 bits per heavy atom. The molecule has 8 nitrogen and oxygen atoms in total. The summed E-state index contributed by atoms with van der Waals surface area (Å²) in [5.74, 6) is 1.04. The number of hydrogen-bond acceptors (Lipinski definition) is 6. The summed E-state index contributed by atoms with van der Waals surface area (Å²) in [5.41, 5.74) is 0.983. The van der Waals surface area contributed by atoms with Gasteiger partial charge in [0.2, 0.25) is 4.77 Å². The Morgan fingerprint density at radius 1 is 1.38 bits per heavy atom. The molecule has 1 heterocycles. The third-order valence-electron chi connectivity index (χ3n) is 3.50. The summed E-state index contributed by atoms with van der Waals surface area (Å²) >= 11 is 11.3. The molecule has 132 valence electrons. The molecule has 0 amide bonds. The van der Waals surface area contributed by atoms with Gasteiger partial charge in [-0.15, -0.1) is 0 Å². The maximum Gasteiger partial charge on any atom is 0.270 e. The van der Waals surface area contributed by atoms with Gasteiger partial charge in [0, 0.05) is 22.7 Å². The molecule has 0 fully saturated rings. The molecule has 2 aromatic carbocycles. The van der Waals surface area contributed by atoms with Crippen LogP contribution in [-0.2, 0) is 0 Å². The third-order valence-corrected chi connectivity index (χ3v) is 4.11. The van der Waals surface area contributed by atoms with Gasteiger partial charge in [-0.05, 0) is 30.4 Å². The first-order valence-electron chi connectivity index (χ1n) is 7.30. The lowest BCUT2D eigenvalue weighted by molar-refractivity contribution is -0.384. The number of para-hydroxylation sites is 1. The van der Waals surface area contributed by atoms with Crippen molar-refractivity contribution >= 4 is 35.7 Å². The molecular weight excluding hydrogens is 378 g/mol. The van der Waals surface area contributed by atoms with Gasteiger partial charge in [0.25, 0.3) is 5.69 Å². The number of nitro groups is 1. The minimum atomic E-state index is -0.503. The summed E-state index contributed by atoms with van der Waals surface area (Å²) in [7, 11) is 1.55. The molecule has 0 atom stereocenters. The molecule has 0 saturated carbocycles. The normalized spacial score (nSPS) is 11.0. The van der Waals surface area contributed by atoms with E-state index >= 15 is 0 Å². The minimum Gasteiger partial charge on any atom is -0.496 e. The Hall–Kier alpha value is -3.04. The first-order valence-corrected chi connectivity index (χ1v) is 8.09. The van der Waals surface area contributed by atoms with Gasteiger partial charge >= 0.3 is 0 Å². The number of nitrogens with one attached hydrogen (secondary N) is 1. The Balaban J connectivity index is 2.06. The fourth-order valence-electron chi connectivity index (χ4n) is 2.27. The highest BCUT2D eigenvalue weighted by atomic mass is 35.5. The van der Waals surface area contributed by atoms with Crippen LogP contribution in [0.2, 0.25) is 5.02 Å². The quantitative estimate of drug-likeness (QED) is 0.307. The lowest BCUT2D eigenvalue weighted by atomic mass is 10.2. The van der Waals surface area contributed by atoms with E-state index in [-0.39, 0.29) is 10.5 Å². The average Bonchev–Trinajstić information content (AvgIpc) is 3.01. The number of halogens is 1. The van der Waals surface area contributed by atoms with E-state index in [2.05, 4.69) is 15.3 Å². The summed E-state index contributed by atoms with van der Waals surface area (Å²) in [4.78, 5) is 10.4. The van der Waals surface area contributed by atoms with Gasteiger partial charge in [0.15, 0.2) is 5.82 Å². The fraction of sp³-hybridized carbons (Fsp3) is 0.0625. The third kappa shape index (κ3) is 3.48. The van der Waals surface area contributed by atoms with Gasteiger partial charge in [-0.2, -0.15) is 14.9 Å². The number of benzene rings is 2. The van der Waals surface area contributed by atoms with Crippen LogP contribution in [0.25, 0.3) is 11.4 Å². The Bertz CT molecular complexity index is 1060. The Morgan fingerprint density at radius 3 is 2.88 bits per heavy atom. The van der Waals surface area contributed by atoms with Crippen LogP contribution in [0.3, 0.4) is 0 Å². The Kier molecular flexibility index (Phi) is 5.10. The molecule has 26 heavy (non-hydrogen) atoms. The molecular formula is C16H12ClN5O3S. The van der Waals surface area contributed by atoms with Crippen LogP contribution in [-0.4, -0.2) is 33.1 Å². The van der Waals surface area contributed by atoms with Gasteiger partial charge in [-0.1, -0.05) is 23.7 Å². The van der Waals surface area contributed by atoms with Crippen molar-refractivity contribution in [3.05, 3.63) is 67.9 Å². The number of nitro benzene ring substituents is 1. The summed E-state index contributed by atoms with van der Waals surface area (Å²) in [6.07, 6.45) is 1.39. The van der Waals surface area contributed by atoms with E-state index in [9.17, 15) is 10.1 Å². The van der Waals surface area contributed by atoms with Gasteiger partial charge in [-0.25, -0.2) is 5.10 Å². The van der Waals surface area contributed by atoms with Crippen LogP contribution in [0.15, 0.2) is 47.6 Å². The maximum absolute atomic E-state index is 10.9. The predicted molar refractivity (Wildman–Crippen MR) is 100 cm³/mol. The van der Waals surface area contributed by atoms with Crippen molar-refractivity contribution in [1.82, 2.24) is 14.9 Å². The number of hydrogen-bond donors (Lipinski definition) is 1. The molecule has 0 bridgehead atoms. The summed E-state index contributed by atoms with van der Waals surface area (Å²) in [6.45, 7) is 0. The van der Waals surface area contributed by atoms with Crippen LogP contribution in [0, 0.1) is 14.9 Å². The second-order valence-corrected chi connectivity index (χ2v) is 5.87. The molecule has 0 aliphatic rings. The molecule has 0 saturated heterocycles. The van der Waals surface area contributed by atoms with Crippen molar-refractivity contribution in [2.24, 2.45) is 5.10 Å². The van der Waals surface area contributed by atoms with Crippen molar-refractivity contribution in [3.8, 4) is 17.1 Å². The Labute approximate surface area is 157 Å². The predicted octanol–water partition coefficient (Wildman–Crippen LogP) is 4.06. The van der Waals surface area contributed by atoms with Crippen molar-refractivity contribution in [2.45, 2.75) is 0 Å². The minimum absolute atomic E-state index is 0.0865. The second-order valence-electron chi connectivity index (χ2n) is 5.07. The maximum atomic E-state index is 10.9. The lowest BCUT2D eigenvalue weighted by Gasteiger charge is -2.07. The van der Waals surface area contributed by atoms with Gasteiger partial charge in [0.05, 0.1) is 23.8 Å². The average molecular weight is 390 g/mol. The number of rotatable bonds is 5. The number of H-pyrrole nitrogens is 1. The molecule has 3 aromatic rings. The standard InChI is InChI=1S/C16H12ClN5O3S/c1-25-14-5-3-2-4-12(14)15-19-20-16(26)21(15)18-9-10-8-11(22(23)24)6-7-13(10)17/h2-9H,1H3,(H,20,26). The van der Waals surface area contributed by atoms with E-state index in [4.69, 9.17) is 28.6 Å². The second kappa shape index (κ2) is 7.46. The van der Waals surface area contributed by atoms with Gasteiger partial charge in [0.1, 0.15) is 5.75 Å². The van der Waals surface area contributed by atoms with Crippen molar-refractivity contribution in [1.29, 1.82) is 0 Å². The number of ether oxygens (including phenoxy) is 1. The van der Waals surface area contributed by atoms with E-state index < -0.39 is 4.92 Å². The topological polar surface area (TPSA) is 98.3 Å². The molecule has 10 heteroatoms. The van der Waals surface area contributed by atoms with E-state index in [0.29, 0.717) is 27.7 Å². The zero-order chi connectivity index (χ0) is 18.7. The van der Waals surface area contributed by atoms with Crippen LogP contribution >= 0.6 is 23.8 Å². The number of non-ortho nitro benzene ring substituents is 1. The molecule has 3 rings (SSSR count). The lowest BCUT2D eigenvalue weighted by Crippen LogP contribution is -1.98. The summed E-state index contributed by atoms with van der Waals surface area (Å²) in [6, 6.07) is 11.4. The van der Waals surface area contributed by atoms with Crippen LogP contribution in [0.5, 0.6) is 5.75 Å². The molecule has 0 spiro atoms. The summed E-state index contributed by atoms with van der Waals surface area (Å²) < 4.78 is 6.98. The number of methoxy groups -OCH3 is 1. The highest BCUT2D eigenvalue weighted by Crippen LogP contribution is 2.28. The number of nitrogens with zero attached hydrogens (tertiary/aromatic N) is 4.